The third-order valence-corrected chi connectivity index (χ3v) is 2.03. The molecule has 4 N–H and O–H groups in total. The molecule has 2 amide bonds. The third-order valence-electron chi connectivity index (χ3n) is 2.03. The number of hydrogen-bond acceptors (Lipinski definition) is 2. The molecule has 82 valence electrons. The Bertz CT molecular complexity index is 319. The Kier molecular flexibility index (Phi) is 4.12. The van der Waals surface area contributed by atoms with Gasteiger partial charge in [0.2, 0.25) is 0 Å². The van der Waals surface area contributed by atoms with Gasteiger partial charge in [-0.2, -0.15) is 0 Å². The molecule has 4 heteroatoms. The first kappa shape index (κ1) is 11.5. The van der Waals surface area contributed by atoms with Gasteiger partial charge in [-0.3, -0.25) is 0 Å². The highest BCUT2D eigenvalue weighted by Crippen LogP contribution is 2.13. The second kappa shape index (κ2) is 5.36. The van der Waals surface area contributed by atoms with Gasteiger partial charge in [0, 0.05) is 18.3 Å². The lowest BCUT2D eigenvalue weighted by molar-refractivity contribution is 0.252. The van der Waals surface area contributed by atoms with Crippen molar-refractivity contribution in [2.45, 2.75) is 19.9 Å². The van der Waals surface area contributed by atoms with Gasteiger partial charge in [0.25, 0.3) is 0 Å². The van der Waals surface area contributed by atoms with E-state index < -0.39 is 0 Å². The summed E-state index contributed by atoms with van der Waals surface area (Å²) < 4.78 is 0. The molecule has 0 saturated heterocycles. The van der Waals surface area contributed by atoms with E-state index in [1.54, 1.807) is 0 Å². The Morgan fingerprint density at radius 3 is 2.47 bits per heavy atom. The van der Waals surface area contributed by atoms with Crippen molar-refractivity contribution in [3.8, 4) is 0 Å². The zero-order valence-corrected chi connectivity index (χ0v) is 9.08. The molecular formula is C11H17N3O. The quantitative estimate of drug-likeness (QED) is 0.708. The molecule has 0 radical (unpaired) electrons. The monoisotopic (exact) mass is 207 g/mol. The van der Waals surface area contributed by atoms with Crippen molar-refractivity contribution in [3.05, 3.63) is 29.8 Å². The maximum absolute atomic E-state index is 11.2. The van der Waals surface area contributed by atoms with Gasteiger partial charge >= 0.3 is 6.03 Å². The topological polar surface area (TPSA) is 67.2 Å². The first-order valence-corrected chi connectivity index (χ1v) is 5.04. The number of carbonyl (C=O) groups is 1. The van der Waals surface area contributed by atoms with Gasteiger partial charge in [-0.25, -0.2) is 4.79 Å². The highest BCUT2D eigenvalue weighted by atomic mass is 16.2. The van der Waals surface area contributed by atoms with Gasteiger partial charge in [-0.15, -0.1) is 0 Å². The minimum absolute atomic E-state index is 0.0171. The summed E-state index contributed by atoms with van der Waals surface area (Å²) in [5, 5.41) is 5.37. The van der Waals surface area contributed by atoms with E-state index in [0.717, 1.165) is 11.3 Å². The Hall–Kier alpha value is -1.55. The largest absolute Gasteiger partial charge is 0.338 e. The lowest BCUT2D eigenvalue weighted by Gasteiger charge is -2.08. The molecule has 4 nitrogen and oxygen atoms in total. The number of nitrogens with two attached hydrogens (primary N) is 1. The van der Waals surface area contributed by atoms with Crippen molar-refractivity contribution in [2.24, 2.45) is 5.73 Å². The van der Waals surface area contributed by atoms with Gasteiger partial charge in [-0.1, -0.05) is 12.1 Å². The van der Waals surface area contributed by atoms with Gasteiger partial charge in [0.1, 0.15) is 0 Å². The molecule has 1 unspecified atom stereocenters. The number of carbonyl (C=O) groups excluding carboxylic acids is 1. The Morgan fingerprint density at radius 2 is 2.00 bits per heavy atom. The summed E-state index contributed by atoms with van der Waals surface area (Å²) in [5.41, 5.74) is 7.53. The molecule has 15 heavy (non-hydrogen) atoms. The lowest BCUT2D eigenvalue weighted by atomic mass is 10.1. The van der Waals surface area contributed by atoms with Crippen molar-refractivity contribution in [1.82, 2.24) is 5.32 Å². The van der Waals surface area contributed by atoms with Crippen LogP contribution in [0, 0.1) is 0 Å². The molecule has 0 bridgehead atoms. The Morgan fingerprint density at radius 1 is 1.40 bits per heavy atom. The number of nitrogens with one attached hydrogen (secondary N) is 2. The summed E-state index contributed by atoms with van der Waals surface area (Å²) in [7, 11) is 0. The summed E-state index contributed by atoms with van der Waals surface area (Å²) in [4.78, 5) is 11.2. The average molecular weight is 207 g/mol. The molecule has 1 atom stereocenters. The predicted molar refractivity (Wildman–Crippen MR) is 61.7 cm³/mol. The fourth-order valence-corrected chi connectivity index (χ4v) is 1.21. The highest BCUT2D eigenvalue weighted by Gasteiger charge is 2.01. The smallest absolute Gasteiger partial charge is 0.319 e. The normalized spacial score (nSPS) is 11.9. The van der Waals surface area contributed by atoms with E-state index in [0.29, 0.717) is 6.54 Å². The van der Waals surface area contributed by atoms with Crippen molar-refractivity contribution < 1.29 is 4.79 Å². The predicted octanol–water partition coefficient (Wildman–Crippen LogP) is 1.85. The van der Waals surface area contributed by atoms with E-state index in [4.69, 9.17) is 5.73 Å². The van der Waals surface area contributed by atoms with Crippen LogP contribution in [0.1, 0.15) is 25.5 Å². The zero-order valence-electron chi connectivity index (χ0n) is 9.08. The summed E-state index contributed by atoms with van der Waals surface area (Å²) in [6.07, 6.45) is 0. The van der Waals surface area contributed by atoms with E-state index >= 15 is 0 Å². The molecule has 0 aliphatic carbocycles. The molecule has 0 aliphatic rings. The Balaban J connectivity index is 2.60. The van der Waals surface area contributed by atoms with E-state index in [1.165, 1.54) is 0 Å². The number of amides is 2. The number of rotatable bonds is 3. The van der Waals surface area contributed by atoms with Crippen molar-refractivity contribution in [3.63, 3.8) is 0 Å². The van der Waals surface area contributed by atoms with E-state index in [-0.39, 0.29) is 12.1 Å². The maximum atomic E-state index is 11.2. The van der Waals surface area contributed by atoms with Crippen LogP contribution >= 0.6 is 0 Å². The summed E-state index contributed by atoms with van der Waals surface area (Å²) in [6, 6.07) is 7.33. The van der Waals surface area contributed by atoms with Crippen molar-refractivity contribution in [2.75, 3.05) is 11.9 Å². The first-order chi connectivity index (χ1) is 7.13. The van der Waals surface area contributed by atoms with Crippen LogP contribution in [0.3, 0.4) is 0 Å². The minimum atomic E-state index is -0.189. The first-order valence-electron chi connectivity index (χ1n) is 5.04. The van der Waals surface area contributed by atoms with Crippen LogP contribution in [0.4, 0.5) is 10.5 Å². The van der Waals surface area contributed by atoms with Crippen LogP contribution < -0.4 is 16.4 Å². The van der Waals surface area contributed by atoms with Crippen molar-refractivity contribution in [1.29, 1.82) is 0 Å². The van der Waals surface area contributed by atoms with Gasteiger partial charge < -0.3 is 16.4 Å². The fourth-order valence-electron chi connectivity index (χ4n) is 1.21. The zero-order chi connectivity index (χ0) is 11.3. The van der Waals surface area contributed by atoms with Gasteiger partial charge in [-0.05, 0) is 31.5 Å². The summed E-state index contributed by atoms with van der Waals surface area (Å²) >= 11 is 0. The van der Waals surface area contributed by atoms with Crippen LogP contribution in [0.25, 0.3) is 0 Å². The van der Waals surface area contributed by atoms with Gasteiger partial charge in [0.05, 0.1) is 0 Å². The molecule has 0 spiro atoms. The second-order valence-corrected chi connectivity index (χ2v) is 3.40. The number of urea groups is 1. The maximum Gasteiger partial charge on any atom is 0.319 e. The molecule has 0 fully saturated rings. The van der Waals surface area contributed by atoms with Gasteiger partial charge in [0.15, 0.2) is 0 Å². The van der Waals surface area contributed by atoms with Crippen LogP contribution in [-0.4, -0.2) is 12.6 Å². The molecular weight excluding hydrogens is 190 g/mol. The number of anilines is 1. The summed E-state index contributed by atoms with van der Waals surface area (Å²) in [6.45, 7) is 4.41. The van der Waals surface area contributed by atoms with Crippen molar-refractivity contribution >= 4 is 11.7 Å². The van der Waals surface area contributed by atoms with E-state index in [2.05, 4.69) is 10.6 Å². The van der Waals surface area contributed by atoms with E-state index in [9.17, 15) is 4.79 Å². The lowest BCUT2D eigenvalue weighted by Crippen LogP contribution is -2.28. The number of hydrogen-bond donors (Lipinski definition) is 3. The van der Waals surface area contributed by atoms with Crippen LogP contribution in [-0.2, 0) is 0 Å². The van der Waals surface area contributed by atoms with Crippen LogP contribution in [0.15, 0.2) is 24.3 Å². The SMILES string of the molecule is CCNC(=O)Nc1ccc(C(C)N)cc1. The molecule has 0 aromatic heterocycles. The molecule has 1 aromatic rings. The average Bonchev–Trinajstić information content (AvgIpc) is 2.18. The molecule has 1 aromatic carbocycles. The fraction of sp³-hybridized carbons (Fsp3) is 0.364. The van der Waals surface area contributed by atoms with E-state index in [1.807, 2.05) is 38.1 Å². The number of benzene rings is 1. The molecule has 0 saturated carbocycles. The Labute approximate surface area is 89.9 Å². The second-order valence-electron chi connectivity index (χ2n) is 3.40. The standard InChI is InChI=1S/C11H17N3O/c1-3-13-11(15)14-10-6-4-9(5-7-10)8(2)12/h4-8H,3,12H2,1-2H3,(H2,13,14,15). The minimum Gasteiger partial charge on any atom is -0.338 e. The molecule has 1 rings (SSSR count). The van der Waals surface area contributed by atoms with Crippen LogP contribution in [0.2, 0.25) is 0 Å². The van der Waals surface area contributed by atoms with Crippen LogP contribution in [0.5, 0.6) is 0 Å². The highest BCUT2D eigenvalue weighted by molar-refractivity contribution is 5.89. The molecule has 0 aliphatic heterocycles. The summed E-state index contributed by atoms with van der Waals surface area (Å²) in [5.74, 6) is 0. The third kappa shape index (κ3) is 3.59. The molecule has 0 heterocycles.